The van der Waals surface area contributed by atoms with E-state index in [0.29, 0.717) is 0 Å². The molecule has 0 spiro atoms. The van der Waals surface area contributed by atoms with Gasteiger partial charge in [-0.05, 0) is 18.6 Å². The maximum absolute atomic E-state index is 10.3. The number of pyridine rings is 1. The fraction of sp³-hybridized carbons (Fsp3) is 0.125. The van der Waals surface area contributed by atoms with Gasteiger partial charge in [-0.2, -0.15) is 0 Å². The molecule has 4 nitrogen and oxygen atoms in total. The lowest BCUT2D eigenvalue weighted by atomic mass is 10.2. The van der Waals surface area contributed by atoms with Gasteiger partial charge < -0.3 is 9.90 Å². The number of hydrogen-bond donors (Lipinski definition) is 1. The zero-order valence-electron chi connectivity index (χ0n) is 6.65. The summed E-state index contributed by atoms with van der Waals surface area (Å²) in [5, 5.41) is 8.47. The molecule has 1 heterocycles. The van der Waals surface area contributed by atoms with Crippen LogP contribution in [0.15, 0.2) is 18.5 Å². The summed E-state index contributed by atoms with van der Waals surface area (Å²) in [5.74, 6) is -0.934. The van der Waals surface area contributed by atoms with Crippen LogP contribution in [0.3, 0.4) is 0 Å². The molecule has 1 N–H and O–H groups in total. The largest absolute Gasteiger partial charge is 0.478 e. The summed E-state index contributed by atoms with van der Waals surface area (Å²) in [6, 6.07) is 1.58. The molecule has 64 valence electrons. The summed E-state index contributed by atoms with van der Waals surface area (Å²) in [4.78, 5) is 22.0. The summed E-state index contributed by atoms with van der Waals surface area (Å²) in [6.07, 6.45) is 2.95. The minimum Gasteiger partial charge on any atom is -0.478 e. The average molecular weight is 167 g/mol. The van der Waals surface area contributed by atoms with Crippen molar-refractivity contribution in [2.24, 2.45) is 0 Å². The maximum Gasteiger partial charge on any atom is 0.337 e. The first-order valence-corrected chi connectivity index (χ1v) is 3.14. The molecule has 0 bridgehead atoms. The van der Waals surface area contributed by atoms with E-state index in [1.165, 1.54) is 6.20 Å². The predicted octanol–water partition coefficient (Wildman–Crippen LogP) is 0.903. The Morgan fingerprint density at radius 3 is 2.42 bits per heavy atom. The van der Waals surface area contributed by atoms with Crippen molar-refractivity contribution < 1.29 is 14.7 Å². The number of carbonyl (C=O) groups excluding carboxylic acids is 1. The molecule has 0 amide bonds. The van der Waals surface area contributed by atoms with Crippen LogP contribution >= 0.6 is 0 Å². The van der Waals surface area contributed by atoms with E-state index >= 15 is 0 Å². The Kier molecular flexibility index (Phi) is 4.30. The molecule has 1 aromatic heterocycles. The molecule has 1 aromatic rings. The van der Waals surface area contributed by atoms with Crippen molar-refractivity contribution in [3.05, 3.63) is 29.6 Å². The van der Waals surface area contributed by atoms with E-state index in [9.17, 15) is 4.79 Å². The third-order valence-corrected chi connectivity index (χ3v) is 1.12. The summed E-state index contributed by atoms with van der Waals surface area (Å²) in [6.45, 7) is 3.80. The number of nitrogens with zero attached hydrogens (tertiary/aromatic N) is 1. The Labute approximate surface area is 69.9 Å². The first kappa shape index (κ1) is 10.3. The molecule has 0 aromatic carbocycles. The van der Waals surface area contributed by atoms with Crippen molar-refractivity contribution >= 4 is 12.8 Å². The molecular formula is C8H9NO3. The number of hydrogen-bond acceptors (Lipinski definition) is 3. The van der Waals surface area contributed by atoms with Crippen molar-refractivity contribution in [3.8, 4) is 0 Å². The lowest BCUT2D eigenvalue weighted by Gasteiger charge is -1.92. The van der Waals surface area contributed by atoms with Crippen LogP contribution in [-0.4, -0.2) is 22.8 Å². The Morgan fingerprint density at radius 1 is 1.50 bits per heavy atom. The number of carboxylic acid groups (broad SMARTS) is 1. The van der Waals surface area contributed by atoms with Crippen molar-refractivity contribution in [1.29, 1.82) is 0 Å². The predicted molar refractivity (Wildman–Crippen MR) is 43.1 cm³/mol. The maximum atomic E-state index is 10.3. The van der Waals surface area contributed by atoms with Crippen LogP contribution in [-0.2, 0) is 4.79 Å². The Bertz CT molecular complexity index is 273. The SMILES string of the molecule is C=O.Cc1cncc(C(=O)O)c1. The van der Waals surface area contributed by atoms with Gasteiger partial charge in [0.05, 0.1) is 5.56 Å². The lowest BCUT2D eigenvalue weighted by molar-refractivity contribution is -0.0980. The topological polar surface area (TPSA) is 67.3 Å². The Balaban J connectivity index is 0.000000561. The highest BCUT2D eigenvalue weighted by Crippen LogP contribution is 1.99. The van der Waals surface area contributed by atoms with Crippen LogP contribution in [0.1, 0.15) is 15.9 Å². The van der Waals surface area contributed by atoms with Gasteiger partial charge in [0.1, 0.15) is 6.79 Å². The van der Waals surface area contributed by atoms with Crippen LogP contribution in [0.2, 0.25) is 0 Å². The average Bonchev–Trinajstić information content (AvgIpc) is 2.08. The van der Waals surface area contributed by atoms with Crippen LogP contribution in [0.5, 0.6) is 0 Å². The van der Waals surface area contributed by atoms with Gasteiger partial charge in [-0.1, -0.05) is 0 Å². The second-order valence-corrected chi connectivity index (χ2v) is 2.06. The number of aryl methyl sites for hydroxylation is 1. The lowest BCUT2D eigenvalue weighted by Crippen LogP contribution is -1.96. The van der Waals surface area contributed by atoms with E-state index in [0.717, 1.165) is 5.56 Å². The van der Waals surface area contributed by atoms with E-state index in [4.69, 9.17) is 9.90 Å². The highest BCUT2D eigenvalue weighted by molar-refractivity contribution is 5.87. The highest BCUT2D eigenvalue weighted by atomic mass is 16.4. The second kappa shape index (κ2) is 5.01. The standard InChI is InChI=1S/C7H7NO2.CH2O/c1-5-2-6(7(9)10)4-8-3-5;1-2/h2-4H,1H3,(H,9,10);1H2. The third-order valence-electron chi connectivity index (χ3n) is 1.12. The van der Waals surface area contributed by atoms with Gasteiger partial charge in [0.15, 0.2) is 0 Å². The van der Waals surface area contributed by atoms with Crippen molar-refractivity contribution in [1.82, 2.24) is 4.98 Å². The zero-order chi connectivity index (χ0) is 9.56. The summed E-state index contributed by atoms with van der Waals surface area (Å²) < 4.78 is 0. The number of rotatable bonds is 1. The fourth-order valence-corrected chi connectivity index (χ4v) is 0.672. The van der Waals surface area contributed by atoms with Gasteiger partial charge in [0, 0.05) is 12.4 Å². The third kappa shape index (κ3) is 2.92. The van der Waals surface area contributed by atoms with Crippen LogP contribution in [0.25, 0.3) is 0 Å². The molecule has 1 rings (SSSR count). The molecule has 0 radical (unpaired) electrons. The number of aromatic carboxylic acids is 1. The summed E-state index contributed by atoms with van der Waals surface area (Å²) in [7, 11) is 0. The van der Waals surface area contributed by atoms with Gasteiger partial charge in [0.2, 0.25) is 0 Å². The molecule has 0 atom stereocenters. The molecule has 0 aliphatic heterocycles. The summed E-state index contributed by atoms with van der Waals surface area (Å²) >= 11 is 0. The molecule has 0 aliphatic carbocycles. The van der Waals surface area contributed by atoms with Crippen molar-refractivity contribution in [2.45, 2.75) is 6.92 Å². The van der Waals surface area contributed by atoms with Gasteiger partial charge in [-0.25, -0.2) is 4.79 Å². The monoisotopic (exact) mass is 167 g/mol. The van der Waals surface area contributed by atoms with Crippen LogP contribution in [0, 0.1) is 6.92 Å². The van der Waals surface area contributed by atoms with E-state index in [1.54, 1.807) is 19.2 Å². The molecule has 0 unspecified atom stereocenters. The summed E-state index contributed by atoms with van der Waals surface area (Å²) in [5.41, 5.74) is 1.10. The number of carbonyl (C=O) groups is 2. The smallest absolute Gasteiger partial charge is 0.337 e. The quantitative estimate of drug-likeness (QED) is 0.674. The highest BCUT2D eigenvalue weighted by Gasteiger charge is 2.00. The van der Waals surface area contributed by atoms with Gasteiger partial charge >= 0.3 is 5.97 Å². The van der Waals surface area contributed by atoms with Crippen LogP contribution < -0.4 is 0 Å². The molecule has 0 saturated carbocycles. The van der Waals surface area contributed by atoms with Crippen LogP contribution in [0.4, 0.5) is 0 Å². The molecule has 0 aliphatic rings. The van der Waals surface area contributed by atoms with E-state index in [-0.39, 0.29) is 5.56 Å². The van der Waals surface area contributed by atoms with Crippen molar-refractivity contribution in [2.75, 3.05) is 0 Å². The number of aromatic nitrogens is 1. The minimum absolute atomic E-state index is 0.236. The molecular weight excluding hydrogens is 158 g/mol. The molecule has 12 heavy (non-hydrogen) atoms. The minimum atomic E-state index is -0.934. The second-order valence-electron chi connectivity index (χ2n) is 2.06. The Hall–Kier alpha value is -1.71. The molecule has 0 fully saturated rings. The Morgan fingerprint density at radius 2 is 2.08 bits per heavy atom. The molecule has 0 saturated heterocycles. The van der Waals surface area contributed by atoms with Crippen molar-refractivity contribution in [3.63, 3.8) is 0 Å². The van der Waals surface area contributed by atoms with E-state index < -0.39 is 5.97 Å². The first-order chi connectivity index (χ1) is 5.70. The van der Waals surface area contributed by atoms with E-state index in [1.807, 2.05) is 6.79 Å². The van der Waals surface area contributed by atoms with Gasteiger partial charge in [0.25, 0.3) is 0 Å². The fourth-order valence-electron chi connectivity index (χ4n) is 0.672. The number of carboxylic acids is 1. The zero-order valence-corrected chi connectivity index (χ0v) is 6.65. The normalized spacial score (nSPS) is 8.08. The van der Waals surface area contributed by atoms with Gasteiger partial charge in [-0.3, -0.25) is 4.98 Å². The molecule has 4 heteroatoms. The van der Waals surface area contributed by atoms with E-state index in [2.05, 4.69) is 4.98 Å². The van der Waals surface area contributed by atoms with Gasteiger partial charge in [-0.15, -0.1) is 0 Å². The first-order valence-electron chi connectivity index (χ1n) is 3.14.